The summed E-state index contributed by atoms with van der Waals surface area (Å²) in [7, 11) is 0. The van der Waals surface area contributed by atoms with Gasteiger partial charge >= 0.3 is 0 Å². The molecule has 0 spiro atoms. The van der Waals surface area contributed by atoms with Crippen molar-refractivity contribution in [1.29, 1.82) is 0 Å². The van der Waals surface area contributed by atoms with E-state index in [-0.39, 0.29) is 0 Å². The summed E-state index contributed by atoms with van der Waals surface area (Å²) < 4.78 is 1.28. The first-order chi connectivity index (χ1) is 7.31. The van der Waals surface area contributed by atoms with Gasteiger partial charge in [-0.15, -0.1) is 11.3 Å². The van der Waals surface area contributed by atoms with Crippen LogP contribution in [0.3, 0.4) is 0 Å². The molecule has 0 aliphatic heterocycles. The molecule has 2 aromatic heterocycles. The van der Waals surface area contributed by atoms with Crippen LogP contribution in [-0.4, -0.2) is 11.5 Å². The maximum absolute atomic E-state index is 4.44. The molecule has 3 heteroatoms. The van der Waals surface area contributed by atoms with Crippen LogP contribution in [0.1, 0.15) is 31.9 Å². The van der Waals surface area contributed by atoms with Crippen LogP contribution in [0.2, 0.25) is 0 Å². The normalized spacial score (nSPS) is 13.2. The molecule has 0 radical (unpaired) electrons. The molecule has 15 heavy (non-hydrogen) atoms. The Morgan fingerprint density at radius 3 is 3.20 bits per heavy atom. The quantitative estimate of drug-likeness (QED) is 0.854. The van der Waals surface area contributed by atoms with Crippen LogP contribution in [0, 0.1) is 0 Å². The highest BCUT2D eigenvalue weighted by molar-refractivity contribution is 7.17. The minimum absolute atomic E-state index is 0.393. The van der Waals surface area contributed by atoms with Crippen LogP contribution in [-0.2, 0) is 0 Å². The summed E-state index contributed by atoms with van der Waals surface area (Å²) in [6.45, 7) is 5.43. The van der Waals surface area contributed by atoms with Crippen LogP contribution in [0.15, 0.2) is 23.7 Å². The fourth-order valence-corrected chi connectivity index (χ4v) is 2.37. The van der Waals surface area contributed by atoms with Gasteiger partial charge in [0, 0.05) is 12.2 Å². The Hall–Kier alpha value is -0.930. The maximum atomic E-state index is 4.44. The van der Waals surface area contributed by atoms with E-state index in [9.17, 15) is 0 Å². The van der Waals surface area contributed by atoms with Gasteiger partial charge in [-0.2, -0.15) is 0 Å². The Bertz CT molecular complexity index is 436. The summed E-state index contributed by atoms with van der Waals surface area (Å²) in [5, 5.41) is 5.56. The fourth-order valence-electron chi connectivity index (χ4n) is 1.58. The Labute approximate surface area is 94.3 Å². The average molecular weight is 220 g/mol. The molecule has 0 saturated heterocycles. The Balaban J connectivity index is 2.19. The van der Waals surface area contributed by atoms with Crippen molar-refractivity contribution in [2.24, 2.45) is 0 Å². The van der Waals surface area contributed by atoms with Gasteiger partial charge in [0.05, 0.1) is 10.2 Å². The monoisotopic (exact) mass is 220 g/mol. The lowest BCUT2D eigenvalue weighted by Crippen LogP contribution is -2.19. The van der Waals surface area contributed by atoms with Crippen molar-refractivity contribution in [2.45, 2.75) is 26.3 Å². The summed E-state index contributed by atoms with van der Waals surface area (Å²) in [5.41, 5.74) is 2.38. The number of pyridine rings is 1. The van der Waals surface area contributed by atoms with Gasteiger partial charge in [-0.05, 0) is 43.0 Å². The van der Waals surface area contributed by atoms with Gasteiger partial charge in [0.2, 0.25) is 0 Å². The third-order valence-electron chi connectivity index (χ3n) is 2.52. The summed E-state index contributed by atoms with van der Waals surface area (Å²) >= 11 is 1.75. The second kappa shape index (κ2) is 4.73. The highest BCUT2D eigenvalue weighted by Gasteiger charge is 2.05. The number of rotatable bonds is 4. The SMILES string of the molecule is CCCNC(C)c1cnc2ccsc2c1. The molecule has 80 valence electrons. The molecular weight excluding hydrogens is 204 g/mol. The van der Waals surface area contributed by atoms with E-state index in [1.165, 1.54) is 16.7 Å². The first-order valence-electron chi connectivity index (χ1n) is 5.38. The first kappa shape index (κ1) is 10.6. The largest absolute Gasteiger partial charge is 0.310 e. The maximum Gasteiger partial charge on any atom is 0.0809 e. The molecule has 0 aliphatic rings. The van der Waals surface area contributed by atoms with Crippen LogP contribution >= 0.6 is 11.3 Å². The van der Waals surface area contributed by atoms with E-state index in [4.69, 9.17) is 0 Å². The number of nitrogens with zero attached hydrogens (tertiary/aromatic N) is 1. The number of thiophene rings is 1. The first-order valence-corrected chi connectivity index (χ1v) is 6.25. The molecule has 2 nitrogen and oxygen atoms in total. The van der Waals surface area contributed by atoms with Crippen molar-refractivity contribution in [3.63, 3.8) is 0 Å². The second-order valence-corrected chi connectivity index (χ2v) is 4.70. The number of nitrogens with one attached hydrogen (secondary N) is 1. The van der Waals surface area contributed by atoms with E-state index < -0.39 is 0 Å². The van der Waals surface area contributed by atoms with E-state index in [1.54, 1.807) is 11.3 Å². The predicted octanol–water partition coefficient (Wildman–Crippen LogP) is 3.36. The van der Waals surface area contributed by atoms with Crippen molar-refractivity contribution in [2.75, 3.05) is 6.54 Å². The zero-order chi connectivity index (χ0) is 10.7. The van der Waals surface area contributed by atoms with Crippen molar-refractivity contribution in [1.82, 2.24) is 10.3 Å². The molecule has 2 rings (SSSR count). The standard InChI is InChI=1S/C12H16N2S/c1-3-5-13-9(2)10-7-12-11(14-8-10)4-6-15-12/h4,6-9,13H,3,5H2,1-2H3. The van der Waals surface area contributed by atoms with Gasteiger partial charge in [-0.25, -0.2) is 0 Å². The molecule has 2 aromatic rings. The summed E-state index contributed by atoms with van der Waals surface area (Å²) in [4.78, 5) is 4.44. The lowest BCUT2D eigenvalue weighted by molar-refractivity contribution is 0.570. The van der Waals surface area contributed by atoms with Crippen LogP contribution in [0.25, 0.3) is 10.2 Å². The van der Waals surface area contributed by atoms with Crippen LogP contribution in [0.4, 0.5) is 0 Å². The number of hydrogen-bond acceptors (Lipinski definition) is 3. The minimum atomic E-state index is 0.393. The molecule has 1 unspecified atom stereocenters. The molecule has 2 heterocycles. The second-order valence-electron chi connectivity index (χ2n) is 3.75. The molecule has 0 saturated carbocycles. The van der Waals surface area contributed by atoms with E-state index in [2.05, 4.69) is 41.7 Å². The molecular formula is C12H16N2S. The molecule has 0 fully saturated rings. The highest BCUT2D eigenvalue weighted by atomic mass is 32.1. The molecule has 0 aromatic carbocycles. The molecule has 0 amide bonds. The molecule has 1 N–H and O–H groups in total. The minimum Gasteiger partial charge on any atom is -0.310 e. The molecule has 0 bridgehead atoms. The lowest BCUT2D eigenvalue weighted by atomic mass is 10.1. The lowest BCUT2D eigenvalue weighted by Gasteiger charge is -2.12. The zero-order valence-electron chi connectivity index (χ0n) is 9.16. The number of fused-ring (bicyclic) bond motifs is 1. The summed E-state index contributed by atoms with van der Waals surface area (Å²) in [6.07, 6.45) is 3.14. The van der Waals surface area contributed by atoms with E-state index >= 15 is 0 Å². The summed E-state index contributed by atoms with van der Waals surface area (Å²) in [5.74, 6) is 0. The van der Waals surface area contributed by atoms with Gasteiger partial charge in [0.1, 0.15) is 0 Å². The number of hydrogen-bond donors (Lipinski definition) is 1. The average Bonchev–Trinajstić information content (AvgIpc) is 2.72. The Kier molecular flexibility index (Phi) is 3.34. The smallest absolute Gasteiger partial charge is 0.0809 e. The number of aromatic nitrogens is 1. The van der Waals surface area contributed by atoms with Crippen molar-refractivity contribution in [3.05, 3.63) is 29.3 Å². The van der Waals surface area contributed by atoms with Gasteiger partial charge in [0.25, 0.3) is 0 Å². The third-order valence-corrected chi connectivity index (χ3v) is 3.38. The Morgan fingerprint density at radius 2 is 2.40 bits per heavy atom. The fraction of sp³-hybridized carbons (Fsp3) is 0.417. The van der Waals surface area contributed by atoms with Gasteiger partial charge in [-0.1, -0.05) is 6.92 Å². The van der Waals surface area contributed by atoms with E-state index in [0.717, 1.165) is 12.1 Å². The molecule has 1 atom stereocenters. The third kappa shape index (κ3) is 2.36. The van der Waals surface area contributed by atoms with Crippen molar-refractivity contribution < 1.29 is 0 Å². The predicted molar refractivity (Wildman–Crippen MR) is 66.3 cm³/mol. The van der Waals surface area contributed by atoms with Gasteiger partial charge in [0.15, 0.2) is 0 Å². The Morgan fingerprint density at radius 1 is 1.53 bits per heavy atom. The molecule has 0 aliphatic carbocycles. The zero-order valence-corrected chi connectivity index (χ0v) is 9.97. The summed E-state index contributed by atoms with van der Waals surface area (Å²) in [6, 6.07) is 4.69. The highest BCUT2D eigenvalue weighted by Crippen LogP contribution is 2.22. The van der Waals surface area contributed by atoms with Crippen LogP contribution in [0.5, 0.6) is 0 Å². The van der Waals surface area contributed by atoms with E-state index in [1.807, 2.05) is 6.20 Å². The van der Waals surface area contributed by atoms with Gasteiger partial charge in [-0.3, -0.25) is 4.98 Å². The van der Waals surface area contributed by atoms with Crippen molar-refractivity contribution in [3.8, 4) is 0 Å². The topological polar surface area (TPSA) is 24.9 Å². The van der Waals surface area contributed by atoms with E-state index in [0.29, 0.717) is 6.04 Å². The van der Waals surface area contributed by atoms with Gasteiger partial charge < -0.3 is 5.32 Å². The van der Waals surface area contributed by atoms with Crippen molar-refractivity contribution >= 4 is 21.6 Å². The van der Waals surface area contributed by atoms with Crippen LogP contribution < -0.4 is 5.32 Å².